The minimum Gasteiger partial charge on any atom is -0.438 e. The number of nitrogens with zero attached hydrogens (tertiary/aromatic N) is 2. The summed E-state index contributed by atoms with van der Waals surface area (Å²) in [5, 5.41) is 9.96. The molecule has 0 saturated heterocycles. The maximum absolute atomic E-state index is 9.23. The van der Waals surface area contributed by atoms with Gasteiger partial charge in [0.1, 0.15) is 17.4 Å². The molecule has 2 aromatic rings. The molecular weight excluding hydrogens is 272 g/mol. The van der Waals surface area contributed by atoms with E-state index in [1.807, 2.05) is 45.9 Å². The lowest BCUT2D eigenvalue weighted by Crippen LogP contribution is -1.97. The predicted octanol–water partition coefficient (Wildman–Crippen LogP) is 4.63. The maximum Gasteiger partial charge on any atom is 0.237 e. The van der Waals surface area contributed by atoms with Gasteiger partial charge < -0.3 is 4.74 Å². The third-order valence-electron chi connectivity index (χ3n) is 3.05. The molecule has 0 spiro atoms. The molecule has 2 rings (SSSR count). The highest BCUT2D eigenvalue weighted by molar-refractivity contribution is 6.32. The minimum absolute atomic E-state index is 0.339. The molecule has 0 N–H and O–H groups in total. The van der Waals surface area contributed by atoms with E-state index in [9.17, 15) is 5.26 Å². The number of halogens is 1. The number of hydrogen-bond donors (Lipinski definition) is 0. The molecule has 0 unspecified atom stereocenters. The Morgan fingerprint density at radius 3 is 2.20 bits per heavy atom. The molecule has 102 valence electrons. The Labute approximate surface area is 123 Å². The number of aromatic nitrogens is 1. The van der Waals surface area contributed by atoms with Crippen LogP contribution in [0.3, 0.4) is 0 Å². The second-order valence-electron chi connectivity index (χ2n) is 4.85. The monoisotopic (exact) mass is 286 g/mol. The second-order valence-corrected chi connectivity index (χ2v) is 5.22. The molecule has 1 aromatic carbocycles. The molecule has 0 radical (unpaired) electrons. The summed E-state index contributed by atoms with van der Waals surface area (Å²) in [4.78, 5) is 4.30. The lowest BCUT2D eigenvalue weighted by Gasteiger charge is -2.11. The molecule has 0 aliphatic carbocycles. The van der Waals surface area contributed by atoms with E-state index in [1.165, 1.54) is 0 Å². The highest BCUT2D eigenvalue weighted by atomic mass is 35.5. The van der Waals surface area contributed by atoms with Crippen LogP contribution in [-0.4, -0.2) is 4.98 Å². The smallest absolute Gasteiger partial charge is 0.237 e. The van der Waals surface area contributed by atoms with Gasteiger partial charge >= 0.3 is 0 Å². The highest BCUT2D eigenvalue weighted by Gasteiger charge is 2.12. The first kappa shape index (κ1) is 14.4. The largest absolute Gasteiger partial charge is 0.438 e. The van der Waals surface area contributed by atoms with Gasteiger partial charge in [-0.2, -0.15) is 5.26 Å². The molecule has 1 aromatic heterocycles. The van der Waals surface area contributed by atoms with Crippen molar-refractivity contribution in [3.05, 3.63) is 51.2 Å². The van der Waals surface area contributed by atoms with E-state index in [0.29, 0.717) is 17.2 Å². The van der Waals surface area contributed by atoms with Crippen LogP contribution in [0.4, 0.5) is 0 Å². The van der Waals surface area contributed by atoms with E-state index in [0.717, 1.165) is 27.4 Å². The van der Waals surface area contributed by atoms with Gasteiger partial charge in [0.2, 0.25) is 5.88 Å². The van der Waals surface area contributed by atoms with Crippen molar-refractivity contribution < 1.29 is 4.74 Å². The topological polar surface area (TPSA) is 45.9 Å². The molecule has 1 heterocycles. The maximum atomic E-state index is 9.23. The van der Waals surface area contributed by atoms with E-state index >= 15 is 0 Å². The van der Waals surface area contributed by atoms with E-state index in [2.05, 4.69) is 11.1 Å². The van der Waals surface area contributed by atoms with Crippen LogP contribution in [0.25, 0.3) is 0 Å². The minimum atomic E-state index is 0.339. The standard InChI is InChI=1S/C16H15ClN2O/c1-9-5-12(4)19-16(14(9)8-18)20-13-6-10(2)15(17)11(3)7-13/h5-7H,1-4H3. The molecule has 0 aliphatic rings. The Morgan fingerprint density at radius 1 is 1.05 bits per heavy atom. The summed E-state index contributed by atoms with van der Waals surface area (Å²) in [7, 11) is 0. The average molecular weight is 287 g/mol. The number of benzene rings is 1. The Balaban J connectivity index is 2.48. The van der Waals surface area contributed by atoms with E-state index < -0.39 is 0 Å². The van der Waals surface area contributed by atoms with Crippen LogP contribution in [0.1, 0.15) is 27.9 Å². The summed E-state index contributed by atoms with van der Waals surface area (Å²) in [5.74, 6) is 0.976. The molecule has 3 nitrogen and oxygen atoms in total. The fraction of sp³-hybridized carbons (Fsp3) is 0.250. The van der Waals surface area contributed by atoms with Crippen LogP contribution in [0.5, 0.6) is 11.6 Å². The molecule has 0 fully saturated rings. The van der Waals surface area contributed by atoms with Crippen molar-refractivity contribution in [1.29, 1.82) is 5.26 Å². The quantitative estimate of drug-likeness (QED) is 0.808. The molecule has 20 heavy (non-hydrogen) atoms. The number of nitriles is 1. The van der Waals surface area contributed by atoms with E-state index in [4.69, 9.17) is 16.3 Å². The Morgan fingerprint density at radius 2 is 1.65 bits per heavy atom. The molecule has 0 aliphatic heterocycles. The third kappa shape index (κ3) is 2.76. The lowest BCUT2D eigenvalue weighted by molar-refractivity contribution is 0.458. The van der Waals surface area contributed by atoms with Gasteiger partial charge in [-0.15, -0.1) is 0 Å². The Hall–Kier alpha value is -2.05. The SMILES string of the molecule is Cc1cc(C)c(C#N)c(Oc2cc(C)c(Cl)c(C)c2)n1. The summed E-state index contributed by atoms with van der Waals surface area (Å²) in [5.41, 5.74) is 4.01. The number of hydrogen-bond acceptors (Lipinski definition) is 3. The van der Waals surface area contributed by atoms with Crippen molar-refractivity contribution in [3.8, 4) is 17.7 Å². The van der Waals surface area contributed by atoms with Crippen molar-refractivity contribution in [2.24, 2.45) is 0 Å². The van der Waals surface area contributed by atoms with Gasteiger partial charge in [-0.25, -0.2) is 4.98 Å². The van der Waals surface area contributed by atoms with Crippen LogP contribution in [0.15, 0.2) is 18.2 Å². The fourth-order valence-corrected chi connectivity index (χ4v) is 2.20. The average Bonchev–Trinajstić information content (AvgIpc) is 2.35. The van der Waals surface area contributed by atoms with Crippen molar-refractivity contribution in [1.82, 2.24) is 4.98 Å². The highest BCUT2D eigenvalue weighted by Crippen LogP contribution is 2.30. The van der Waals surface area contributed by atoms with Gasteiger partial charge in [0.15, 0.2) is 0 Å². The van der Waals surface area contributed by atoms with E-state index in [1.54, 1.807) is 0 Å². The van der Waals surface area contributed by atoms with Gasteiger partial charge in [0.25, 0.3) is 0 Å². The zero-order valence-electron chi connectivity index (χ0n) is 11.9. The Kier molecular flexibility index (Phi) is 3.96. The number of aryl methyl sites for hydroxylation is 4. The van der Waals surface area contributed by atoms with Crippen LogP contribution < -0.4 is 4.74 Å². The normalized spacial score (nSPS) is 10.2. The van der Waals surface area contributed by atoms with Gasteiger partial charge in [-0.05, 0) is 62.6 Å². The summed E-state index contributed by atoms with van der Waals surface area (Å²) in [6.45, 7) is 7.59. The molecule has 4 heteroatoms. The van der Waals surface area contributed by atoms with Crippen LogP contribution in [-0.2, 0) is 0 Å². The third-order valence-corrected chi connectivity index (χ3v) is 3.64. The molecular formula is C16H15ClN2O. The fourth-order valence-electron chi connectivity index (χ4n) is 2.09. The van der Waals surface area contributed by atoms with Crippen molar-refractivity contribution in [3.63, 3.8) is 0 Å². The van der Waals surface area contributed by atoms with Gasteiger partial charge in [-0.3, -0.25) is 0 Å². The zero-order chi connectivity index (χ0) is 14.9. The van der Waals surface area contributed by atoms with Crippen molar-refractivity contribution in [2.45, 2.75) is 27.7 Å². The molecule has 0 amide bonds. The predicted molar refractivity (Wildman–Crippen MR) is 79.4 cm³/mol. The summed E-state index contributed by atoms with van der Waals surface area (Å²) in [6.07, 6.45) is 0. The van der Waals surface area contributed by atoms with Crippen molar-refractivity contribution in [2.75, 3.05) is 0 Å². The molecule has 0 saturated carbocycles. The first-order valence-electron chi connectivity index (χ1n) is 6.25. The molecule has 0 bridgehead atoms. The number of pyridine rings is 1. The number of ether oxygens (including phenoxy) is 1. The summed E-state index contributed by atoms with van der Waals surface area (Å²) in [6, 6.07) is 7.69. The lowest BCUT2D eigenvalue weighted by atomic mass is 10.1. The van der Waals surface area contributed by atoms with Crippen LogP contribution >= 0.6 is 11.6 Å². The first-order chi connectivity index (χ1) is 9.42. The molecule has 0 atom stereocenters. The van der Waals surface area contributed by atoms with Crippen molar-refractivity contribution >= 4 is 11.6 Å². The van der Waals surface area contributed by atoms with Crippen LogP contribution in [0, 0.1) is 39.0 Å². The van der Waals surface area contributed by atoms with Gasteiger partial charge in [-0.1, -0.05) is 11.6 Å². The Bertz CT molecular complexity index is 694. The van der Waals surface area contributed by atoms with Gasteiger partial charge in [0.05, 0.1) is 0 Å². The first-order valence-corrected chi connectivity index (χ1v) is 6.63. The zero-order valence-corrected chi connectivity index (χ0v) is 12.7. The van der Waals surface area contributed by atoms with Crippen LogP contribution in [0.2, 0.25) is 5.02 Å². The summed E-state index contributed by atoms with van der Waals surface area (Å²) >= 11 is 6.14. The number of rotatable bonds is 2. The second kappa shape index (κ2) is 5.52. The van der Waals surface area contributed by atoms with Gasteiger partial charge in [0, 0.05) is 10.7 Å². The summed E-state index contributed by atoms with van der Waals surface area (Å²) < 4.78 is 5.79. The van der Waals surface area contributed by atoms with E-state index in [-0.39, 0.29) is 0 Å².